The smallest absolute Gasteiger partial charge is 0.338 e. The van der Waals surface area contributed by atoms with E-state index in [0.29, 0.717) is 12.2 Å². The second kappa shape index (κ2) is 5.44. The molecule has 1 aromatic carbocycles. The number of ether oxygens (including phenoxy) is 2. The fourth-order valence-electron chi connectivity index (χ4n) is 1.94. The number of sulfone groups is 1. The average molecular weight is 298 g/mol. The van der Waals surface area contributed by atoms with Gasteiger partial charge in [-0.1, -0.05) is 6.92 Å². The molecule has 0 atom stereocenters. The Morgan fingerprint density at radius 3 is 2.45 bits per heavy atom. The number of methoxy groups -OCH3 is 1. The van der Waals surface area contributed by atoms with Crippen LogP contribution in [0.5, 0.6) is 5.75 Å². The minimum atomic E-state index is -3.47. The van der Waals surface area contributed by atoms with Gasteiger partial charge in [0.15, 0.2) is 9.84 Å². The maximum atomic E-state index is 11.9. The molecule has 110 valence electrons. The van der Waals surface area contributed by atoms with E-state index < -0.39 is 15.8 Å². The van der Waals surface area contributed by atoms with Crippen molar-refractivity contribution in [2.45, 2.75) is 37.2 Å². The summed E-state index contributed by atoms with van der Waals surface area (Å²) in [7, 11) is -2.20. The molecule has 0 amide bonds. The van der Waals surface area contributed by atoms with Crippen LogP contribution >= 0.6 is 0 Å². The fourth-order valence-corrected chi connectivity index (χ4v) is 2.75. The van der Waals surface area contributed by atoms with E-state index in [1.54, 1.807) is 6.07 Å². The molecule has 0 aliphatic heterocycles. The number of hydrogen-bond donors (Lipinski definition) is 0. The summed E-state index contributed by atoms with van der Waals surface area (Å²) in [5, 5.41) is 0. The summed E-state index contributed by atoms with van der Waals surface area (Å²) in [6.07, 6.45) is 3.65. The summed E-state index contributed by atoms with van der Waals surface area (Å²) in [5.41, 5.74) is 0.999. The lowest BCUT2D eigenvalue weighted by Crippen LogP contribution is -2.11. The van der Waals surface area contributed by atoms with Crippen LogP contribution in [0, 0.1) is 0 Å². The van der Waals surface area contributed by atoms with Gasteiger partial charge in [0.1, 0.15) is 10.6 Å². The molecular formula is C14H18O5S. The standard InChI is InChI=1S/C14H18O5S/c1-4-9-7-12(19-10-5-6-10)13(20(3,16)17)8-11(9)14(15)18-2/h7-8,10H,4-6H2,1-3H3. The van der Waals surface area contributed by atoms with Crippen LogP contribution in [0.1, 0.15) is 35.7 Å². The molecule has 0 radical (unpaired) electrons. The molecule has 2 rings (SSSR count). The zero-order chi connectivity index (χ0) is 14.9. The van der Waals surface area contributed by atoms with Crippen LogP contribution in [-0.4, -0.2) is 33.9 Å². The Morgan fingerprint density at radius 1 is 1.35 bits per heavy atom. The number of benzene rings is 1. The monoisotopic (exact) mass is 298 g/mol. The van der Waals surface area contributed by atoms with E-state index in [-0.39, 0.29) is 16.6 Å². The van der Waals surface area contributed by atoms with Gasteiger partial charge in [-0.25, -0.2) is 13.2 Å². The summed E-state index contributed by atoms with van der Waals surface area (Å²) in [4.78, 5) is 11.8. The van der Waals surface area contributed by atoms with Crippen molar-refractivity contribution < 1.29 is 22.7 Å². The molecule has 1 fully saturated rings. The Balaban J connectivity index is 2.58. The predicted molar refractivity (Wildman–Crippen MR) is 73.9 cm³/mol. The van der Waals surface area contributed by atoms with E-state index in [0.717, 1.165) is 24.7 Å². The molecule has 1 saturated carbocycles. The third-order valence-corrected chi connectivity index (χ3v) is 4.29. The molecule has 0 unspecified atom stereocenters. The maximum Gasteiger partial charge on any atom is 0.338 e. The van der Waals surface area contributed by atoms with Crippen molar-refractivity contribution in [1.82, 2.24) is 0 Å². The molecule has 6 heteroatoms. The van der Waals surface area contributed by atoms with Gasteiger partial charge >= 0.3 is 5.97 Å². The zero-order valence-electron chi connectivity index (χ0n) is 11.8. The minimum Gasteiger partial charge on any atom is -0.489 e. The second-order valence-corrected chi connectivity index (χ2v) is 6.87. The van der Waals surface area contributed by atoms with E-state index in [4.69, 9.17) is 9.47 Å². The van der Waals surface area contributed by atoms with E-state index in [2.05, 4.69) is 0 Å². The molecule has 0 bridgehead atoms. The topological polar surface area (TPSA) is 69.7 Å². The Hall–Kier alpha value is -1.56. The van der Waals surface area contributed by atoms with E-state index >= 15 is 0 Å². The number of carbonyl (C=O) groups excluding carboxylic acids is 1. The van der Waals surface area contributed by atoms with E-state index in [1.807, 2.05) is 6.92 Å². The lowest BCUT2D eigenvalue weighted by molar-refractivity contribution is 0.0599. The number of aryl methyl sites for hydroxylation is 1. The molecule has 1 aliphatic rings. The first-order valence-corrected chi connectivity index (χ1v) is 8.38. The third-order valence-electron chi connectivity index (χ3n) is 3.17. The van der Waals surface area contributed by atoms with Crippen LogP contribution in [0.15, 0.2) is 17.0 Å². The van der Waals surface area contributed by atoms with Crippen molar-refractivity contribution in [2.75, 3.05) is 13.4 Å². The average Bonchev–Trinajstić information content (AvgIpc) is 3.19. The highest BCUT2D eigenvalue weighted by molar-refractivity contribution is 7.90. The fraction of sp³-hybridized carbons (Fsp3) is 0.500. The van der Waals surface area contributed by atoms with Crippen LogP contribution in [0.25, 0.3) is 0 Å². The number of rotatable bonds is 5. The van der Waals surface area contributed by atoms with Gasteiger partial charge in [-0.05, 0) is 37.0 Å². The van der Waals surface area contributed by atoms with Gasteiger partial charge in [-0.15, -0.1) is 0 Å². The van der Waals surface area contributed by atoms with E-state index in [1.165, 1.54) is 13.2 Å². The van der Waals surface area contributed by atoms with Crippen LogP contribution in [0.4, 0.5) is 0 Å². The largest absolute Gasteiger partial charge is 0.489 e. The molecule has 0 saturated heterocycles. The van der Waals surface area contributed by atoms with Crippen LogP contribution in [-0.2, 0) is 21.0 Å². The number of carbonyl (C=O) groups is 1. The van der Waals surface area contributed by atoms with Gasteiger partial charge < -0.3 is 9.47 Å². The number of hydrogen-bond acceptors (Lipinski definition) is 5. The lowest BCUT2D eigenvalue weighted by atomic mass is 10.0. The van der Waals surface area contributed by atoms with Crippen LogP contribution < -0.4 is 4.74 Å². The van der Waals surface area contributed by atoms with Crippen molar-refractivity contribution in [1.29, 1.82) is 0 Å². The van der Waals surface area contributed by atoms with Gasteiger partial charge in [-0.2, -0.15) is 0 Å². The molecular weight excluding hydrogens is 280 g/mol. The highest BCUT2D eigenvalue weighted by atomic mass is 32.2. The molecule has 0 spiro atoms. The minimum absolute atomic E-state index is 0.0435. The summed E-state index contributed by atoms with van der Waals surface area (Å²) < 4.78 is 34.1. The van der Waals surface area contributed by atoms with Crippen LogP contribution in [0.2, 0.25) is 0 Å². The first-order valence-electron chi connectivity index (χ1n) is 6.48. The zero-order valence-corrected chi connectivity index (χ0v) is 12.6. The van der Waals surface area contributed by atoms with Crippen molar-refractivity contribution >= 4 is 15.8 Å². The normalized spacial score (nSPS) is 14.9. The van der Waals surface area contributed by atoms with Crippen molar-refractivity contribution in [3.05, 3.63) is 23.3 Å². The highest BCUT2D eigenvalue weighted by Gasteiger charge is 2.28. The predicted octanol–water partition coefficient (Wildman–Crippen LogP) is 1.98. The first-order chi connectivity index (χ1) is 9.36. The van der Waals surface area contributed by atoms with Gasteiger partial charge in [0.2, 0.25) is 0 Å². The molecule has 0 N–H and O–H groups in total. The second-order valence-electron chi connectivity index (χ2n) is 4.89. The quantitative estimate of drug-likeness (QED) is 0.777. The molecule has 20 heavy (non-hydrogen) atoms. The molecule has 1 aromatic rings. The Bertz CT molecular complexity index is 629. The third kappa shape index (κ3) is 3.12. The molecule has 0 heterocycles. The van der Waals surface area contributed by atoms with Crippen molar-refractivity contribution in [2.24, 2.45) is 0 Å². The van der Waals surface area contributed by atoms with E-state index in [9.17, 15) is 13.2 Å². The van der Waals surface area contributed by atoms with Crippen LogP contribution in [0.3, 0.4) is 0 Å². The van der Waals surface area contributed by atoms with Crippen molar-refractivity contribution in [3.63, 3.8) is 0 Å². The summed E-state index contributed by atoms with van der Waals surface area (Å²) >= 11 is 0. The Kier molecular flexibility index (Phi) is 4.04. The molecule has 1 aliphatic carbocycles. The highest BCUT2D eigenvalue weighted by Crippen LogP contribution is 2.34. The molecule has 5 nitrogen and oxygen atoms in total. The summed E-state index contributed by atoms with van der Waals surface area (Å²) in [6, 6.07) is 3.00. The summed E-state index contributed by atoms with van der Waals surface area (Å²) in [5.74, 6) is -0.204. The van der Waals surface area contributed by atoms with Gasteiger partial charge in [0.25, 0.3) is 0 Å². The first kappa shape index (κ1) is 14.8. The lowest BCUT2D eigenvalue weighted by Gasteiger charge is -2.14. The van der Waals surface area contributed by atoms with Gasteiger partial charge in [0, 0.05) is 6.26 Å². The number of esters is 1. The van der Waals surface area contributed by atoms with Gasteiger partial charge in [-0.3, -0.25) is 0 Å². The van der Waals surface area contributed by atoms with Gasteiger partial charge in [0.05, 0.1) is 18.8 Å². The summed E-state index contributed by atoms with van der Waals surface area (Å²) in [6.45, 7) is 1.89. The molecule has 0 aromatic heterocycles. The Morgan fingerprint density at radius 2 is 2.00 bits per heavy atom. The van der Waals surface area contributed by atoms with Crippen molar-refractivity contribution in [3.8, 4) is 5.75 Å². The maximum absolute atomic E-state index is 11.9. The SMILES string of the molecule is CCc1cc(OC2CC2)c(S(C)(=O)=O)cc1C(=O)OC. The Labute approximate surface area is 118 Å².